The molecule has 1 aliphatic heterocycles. The van der Waals surface area contributed by atoms with Crippen LogP contribution < -0.4 is 0 Å². The minimum atomic E-state index is 0.509. The van der Waals surface area contributed by atoms with E-state index in [2.05, 4.69) is 38.2 Å². The lowest BCUT2D eigenvalue weighted by Crippen LogP contribution is -2.34. The van der Waals surface area contributed by atoms with Gasteiger partial charge in [0.25, 0.3) is 0 Å². The second-order valence-electron chi connectivity index (χ2n) is 6.37. The van der Waals surface area contributed by atoms with Crippen LogP contribution in [0.2, 0.25) is 0 Å². The Labute approximate surface area is 123 Å². The molecule has 6 nitrogen and oxygen atoms in total. The van der Waals surface area contributed by atoms with Gasteiger partial charge >= 0.3 is 0 Å². The fraction of sp³-hybridized carbons (Fsp3) is 0.667. The number of rotatable bonds is 4. The average Bonchev–Trinajstić information content (AvgIpc) is 3.09. The van der Waals surface area contributed by atoms with Crippen molar-refractivity contribution in [2.24, 2.45) is 0 Å². The Kier molecular flexibility index (Phi) is 3.25. The third kappa shape index (κ3) is 2.85. The Morgan fingerprint density at radius 2 is 2.24 bits per heavy atom. The standard InChI is InChI=1S/C15H21N5O/c1-10-7-13(18-17-10)12-3-2-6-20(8-12)9-14-16-15(19-21-14)11-4-5-11/h7,11-12H,2-6,8-9H2,1H3,(H,17,18)/t12-/m0/s1. The quantitative estimate of drug-likeness (QED) is 0.934. The second-order valence-corrected chi connectivity index (χ2v) is 6.37. The molecule has 3 heterocycles. The van der Waals surface area contributed by atoms with Gasteiger partial charge in [-0.3, -0.25) is 10.00 Å². The van der Waals surface area contributed by atoms with Crippen LogP contribution in [0.3, 0.4) is 0 Å². The van der Waals surface area contributed by atoms with E-state index in [1.807, 2.05) is 0 Å². The molecule has 1 saturated carbocycles. The van der Waals surface area contributed by atoms with E-state index in [0.717, 1.165) is 37.0 Å². The predicted octanol–water partition coefficient (Wildman–Crippen LogP) is 2.36. The summed E-state index contributed by atoms with van der Waals surface area (Å²) in [6.45, 7) is 4.93. The van der Waals surface area contributed by atoms with Gasteiger partial charge in [-0.05, 0) is 45.2 Å². The van der Waals surface area contributed by atoms with E-state index in [1.165, 1.54) is 31.4 Å². The van der Waals surface area contributed by atoms with Gasteiger partial charge in [-0.1, -0.05) is 5.16 Å². The molecule has 112 valence electrons. The molecule has 4 rings (SSSR count). The van der Waals surface area contributed by atoms with Gasteiger partial charge in [0.1, 0.15) is 0 Å². The normalized spacial score (nSPS) is 23.6. The maximum absolute atomic E-state index is 5.39. The molecule has 1 saturated heterocycles. The first-order chi connectivity index (χ1) is 10.3. The number of aromatic amines is 1. The van der Waals surface area contributed by atoms with Gasteiger partial charge in [-0.15, -0.1) is 0 Å². The van der Waals surface area contributed by atoms with Gasteiger partial charge in [0.2, 0.25) is 5.89 Å². The number of likely N-dealkylation sites (tertiary alicyclic amines) is 1. The monoisotopic (exact) mass is 287 g/mol. The van der Waals surface area contributed by atoms with Crippen LogP contribution in [-0.4, -0.2) is 38.3 Å². The maximum atomic E-state index is 5.39. The summed E-state index contributed by atoms with van der Waals surface area (Å²) in [5, 5.41) is 11.6. The molecule has 0 spiro atoms. The minimum Gasteiger partial charge on any atom is -0.338 e. The van der Waals surface area contributed by atoms with E-state index in [1.54, 1.807) is 0 Å². The Hall–Kier alpha value is -1.69. The molecule has 0 radical (unpaired) electrons. The molecule has 1 aliphatic carbocycles. The molecule has 0 bridgehead atoms. The molecule has 0 amide bonds. The Morgan fingerprint density at radius 3 is 3.00 bits per heavy atom. The van der Waals surface area contributed by atoms with E-state index >= 15 is 0 Å². The second kappa shape index (κ2) is 5.26. The van der Waals surface area contributed by atoms with Crippen LogP contribution in [0.25, 0.3) is 0 Å². The highest BCUT2D eigenvalue weighted by molar-refractivity contribution is 5.13. The first-order valence-corrected chi connectivity index (χ1v) is 7.84. The lowest BCUT2D eigenvalue weighted by atomic mass is 9.95. The van der Waals surface area contributed by atoms with Crippen molar-refractivity contribution in [2.45, 2.75) is 51.0 Å². The first-order valence-electron chi connectivity index (χ1n) is 7.84. The molecule has 2 fully saturated rings. The van der Waals surface area contributed by atoms with E-state index in [-0.39, 0.29) is 0 Å². The summed E-state index contributed by atoms with van der Waals surface area (Å²) in [5.41, 5.74) is 2.31. The molecule has 2 aromatic heterocycles. The van der Waals surface area contributed by atoms with Crippen LogP contribution >= 0.6 is 0 Å². The van der Waals surface area contributed by atoms with Gasteiger partial charge < -0.3 is 4.52 Å². The fourth-order valence-corrected chi connectivity index (χ4v) is 3.12. The summed E-state index contributed by atoms with van der Waals surface area (Å²) in [6, 6.07) is 2.16. The summed E-state index contributed by atoms with van der Waals surface area (Å²) < 4.78 is 5.39. The first kappa shape index (κ1) is 13.0. The van der Waals surface area contributed by atoms with Crippen molar-refractivity contribution in [3.8, 4) is 0 Å². The zero-order valence-electron chi connectivity index (χ0n) is 12.4. The number of nitrogens with zero attached hydrogens (tertiary/aromatic N) is 4. The zero-order valence-corrected chi connectivity index (χ0v) is 12.4. The third-order valence-electron chi connectivity index (χ3n) is 4.43. The van der Waals surface area contributed by atoms with Crippen LogP contribution in [0, 0.1) is 6.92 Å². The molecule has 1 N–H and O–H groups in total. The molecule has 1 atom stereocenters. The van der Waals surface area contributed by atoms with E-state index in [0.29, 0.717) is 11.8 Å². The number of H-pyrrole nitrogens is 1. The average molecular weight is 287 g/mol. The molecule has 21 heavy (non-hydrogen) atoms. The van der Waals surface area contributed by atoms with Gasteiger partial charge in [-0.2, -0.15) is 10.1 Å². The molecular weight excluding hydrogens is 266 g/mol. The molecule has 2 aromatic rings. The summed E-state index contributed by atoms with van der Waals surface area (Å²) in [5.74, 6) is 2.73. The van der Waals surface area contributed by atoms with Crippen molar-refractivity contribution >= 4 is 0 Å². The molecule has 2 aliphatic rings. The van der Waals surface area contributed by atoms with E-state index in [9.17, 15) is 0 Å². The summed E-state index contributed by atoms with van der Waals surface area (Å²) in [7, 11) is 0. The highest BCUT2D eigenvalue weighted by Crippen LogP contribution is 2.38. The Bertz CT molecular complexity index is 615. The number of aryl methyl sites for hydroxylation is 1. The van der Waals surface area contributed by atoms with Crippen molar-refractivity contribution in [3.63, 3.8) is 0 Å². The van der Waals surface area contributed by atoms with Crippen LogP contribution in [0.15, 0.2) is 10.6 Å². The number of nitrogens with one attached hydrogen (secondary N) is 1. The predicted molar refractivity (Wildman–Crippen MR) is 76.8 cm³/mol. The Morgan fingerprint density at radius 1 is 1.33 bits per heavy atom. The van der Waals surface area contributed by atoms with Gasteiger partial charge in [0.05, 0.1) is 12.2 Å². The van der Waals surface area contributed by atoms with Gasteiger partial charge in [0.15, 0.2) is 5.82 Å². The van der Waals surface area contributed by atoms with Crippen molar-refractivity contribution in [3.05, 3.63) is 29.2 Å². The SMILES string of the molecule is Cc1cc([C@H]2CCCN(Cc3nc(C4CC4)no3)C2)n[nH]1. The van der Waals surface area contributed by atoms with E-state index < -0.39 is 0 Å². The topological polar surface area (TPSA) is 70.8 Å². The van der Waals surface area contributed by atoms with Crippen LogP contribution in [0.4, 0.5) is 0 Å². The highest BCUT2D eigenvalue weighted by Gasteiger charge is 2.29. The lowest BCUT2D eigenvalue weighted by molar-refractivity contribution is 0.175. The molecule has 6 heteroatoms. The Balaban J connectivity index is 1.40. The molecular formula is C15H21N5O. The smallest absolute Gasteiger partial charge is 0.240 e. The lowest BCUT2D eigenvalue weighted by Gasteiger charge is -2.30. The zero-order chi connectivity index (χ0) is 14.2. The number of piperidine rings is 1. The van der Waals surface area contributed by atoms with Crippen molar-refractivity contribution < 1.29 is 4.52 Å². The van der Waals surface area contributed by atoms with Crippen molar-refractivity contribution in [2.75, 3.05) is 13.1 Å². The number of aromatic nitrogens is 4. The number of hydrogen-bond acceptors (Lipinski definition) is 5. The van der Waals surface area contributed by atoms with Crippen LogP contribution in [-0.2, 0) is 6.54 Å². The minimum absolute atomic E-state index is 0.509. The van der Waals surface area contributed by atoms with Gasteiger partial charge in [0, 0.05) is 24.1 Å². The largest absolute Gasteiger partial charge is 0.338 e. The summed E-state index contributed by atoms with van der Waals surface area (Å²) >= 11 is 0. The van der Waals surface area contributed by atoms with Crippen LogP contribution in [0.1, 0.15) is 60.6 Å². The maximum Gasteiger partial charge on any atom is 0.240 e. The third-order valence-corrected chi connectivity index (χ3v) is 4.43. The van der Waals surface area contributed by atoms with E-state index in [4.69, 9.17) is 4.52 Å². The highest BCUT2D eigenvalue weighted by atomic mass is 16.5. The fourth-order valence-electron chi connectivity index (χ4n) is 3.12. The molecule has 0 unspecified atom stereocenters. The number of hydrogen-bond donors (Lipinski definition) is 1. The van der Waals surface area contributed by atoms with Crippen LogP contribution in [0.5, 0.6) is 0 Å². The van der Waals surface area contributed by atoms with Crippen molar-refractivity contribution in [1.29, 1.82) is 0 Å². The van der Waals surface area contributed by atoms with Crippen molar-refractivity contribution in [1.82, 2.24) is 25.2 Å². The summed E-state index contributed by atoms with van der Waals surface area (Å²) in [6.07, 6.45) is 4.82. The van der Waals surface area contributed by atoms with Gasteiger partial charge in [-0.25, -0.2) is 0 Å². The summed E-state index contributed by atoms with van der Waals surface area (Å²) in [4.78, 5) is 6.93. The molecule has 0 aromatic carbocycles.